The number of nitrogens with zero attached hydrogens (tertiary/aromatic N) is 2. The van der Waals surface area contributed by atoms with E-state index in [4.69, 9.17) is 4.74 Å². The molecule has 0 aliphatic rings. The summed E-state index contributed by atoms with van der Waals surface area (Å²) in [6, 6.07) is 11.0. The molecule has 0 radical (unpaired) electrons. The highest BCUT2D eigenvalue weighted by atomic mass is 32.2. The van der Waals surface area contributed by atoms with Gasteiger partial charge in [-0.15, -0.1) is 0 Å². The highest BCUT2D eigenvalue weighted by Gasteiger charge is 2.30. The number of benzene rings is 2. The van der Waals surface area contributed by atoms with Crippen molar-refractivity contribution >= 4 is 32.6 Å². The largest absolute Gasteiger partial charge is 0.463 e. The van der Waals surface area contributed by atoms with Gasteiger partial charge in [0.2, 0.25) is 10.0 Å². The molecule has 168 valence electrons. The fraction of sp³-hybridized carbons (Fsp3) is 0.273. The predicted octanol–water partition coefficient (Wildman–Crippen LogP) is 3.81. The van der Waals surface area contributed by atoms with E-state index < -0.39 is 39.5 Å². The summed E-state index contributed by atoms with van der Waals surface area (Å²) in [5, 5.41) is 12.2. The number of fused-ring (bicyclic) bond motifs is 1. The number of hydrogen-bond donors (Lipinski definition) is 1. The van der Waals surface area contributed by atoms with Crippen LogP contribution in [0.1, 0.15) is 37.4 Å². The molecule has 1 N–H and O–H groups in total. The van der Waals surface area contributed by atoms with Crippen LogP contribution in [0, 0.1) is 17.0 Å². The van der Waals surface area contributed by atoms with Gasteiger partial charge in [-0.3, -0.25) is 19.9 Å². The van der Waals surface area contributed by atoms with Crippen molar-refractivity contribution in [3.05, 3.63) is 76.0 Å². The fourth-order valence-corrected chi connectivity index (χ4v) is 4.75. The zero-order valence-corrected chi connectivity index (χ0v) is 18.6. The fourth-order valence-electron chi connectivity index (χ4n) is 3.35. The third-order valence-corrected chi connectivity index (χ3v) is 6.15. The second-order valence-electron chi connectivity index (χ2n) is 7.57. The van der Waals surface area contributed by atoms with Crippen LogP contribution in [0.5, 0.6) is 0 Å². The first-order chi connectivity index (χ1) is 15.1. The summed E-state index contributed by atoms with van der Waals surface area (Å²) in [4.78, 5) is 27.4. The Morgan fingerprint density at radius 2 is 1.91 bits per heavy atom. The van der Waals surface area contributed by atoms with Crippen molar-refractivity contribution in [3.63, 3.8) is 0 Å². The molecular weight excluding hydrogens is 434 g/mol. The molecule has 1 heterocycles. The van der Waals surface area contributed by atoms with E-state index in [1.165, 1.54) is 24.3 Å². The Morgan fingerprint density at radius 3 is 2.59 bits per heavy atom. The lowest BCUT2D eigenvalue weighted by atomic mass is 10.0. The van der Waals surface area contributed by atoms with Crippen LogP contribution in [-0.4, -0.2) is 30.4 Å². The summed E-state index contributed by atoms with van der Waals surface area (Å²) < 4.78 is 34.3. The molecular formula is C22H23N3O6S. The summed E-state index contributed by atoms with van der Waals surface area (Å²) in [5.41, 5.74) is 0.890. The molecule has 3 rings (SSSR count). The molecule has 2 aromatic carbocycles. The monoisotopic (exact) mass is 457 g/mol. The van der Waals surface area contributed by atoms with Crippen LogP contribution in [0.2, 0.25) is 0 Å². The molecule has 0 amide bonds. The average molecular weight is 458 g/mol. The van der Waals surface area contributed by atoms with Gasteiger partial charge in [0, 0.05) is 23.2 Å². The molecule has 0 aliphatic heterocycles. The number of hydrogen-bond acceptors (Lipinski definition) is 7. The van der Waals surface area contributed by atoms with Gasteiger partial charge >= 0.3 is 5.97 Å². The highest BCUT2D eigenvalue weighted by molar-refractivity contribution is 7.89. The highest BCUT2D eigenvalue weighted by Crippen LogP contribution is 2.30. The van der Waals surface area contributed by atoms with Gasteiger partial charge in [-0.05, 0) is 38.5 Å². The van der Waals surface area contributed by atoms with E-state index in [-0.39, 0.29) is 21.7 Å². The molecule has 10 heteroatoms. The lowest BCUT2D eigenvalue weighted by Gasteiger charge is -2.20. The van der Waals surface area contributed by atoms with Gasteiger partial charge in [-0.2, -0.15) is 0 Å². The van der Waals surface area contributed by atoms with Crippen LogP contribution in [0.4, 0.5) is 5.69 Å². The average Bonchev–Trinajstić information content (AvgIpc) is 2.71. The Labute approximate surface area is 185 Å². The van der Waals surface area contributed by atoms with Gasteiger partial charge in [0.05, 0.1) is 29.0 Å². The summed E-state index contributed by atoms with van der Waals surface area (Å²) in [5.74, 6) is -0.683. The standard InChI is InChI=1S/C22H23N3O6S/c1-14(2)31-21(26)12-18(17-8-4-5-9-19(17)25(27)28)24-32(29,30)20-10-6-7-16-11-15(3)13-23-22(16)20/h4-11,13-14,18,24H,12H2,1-3H3. The van der Waals surface area contributed by atoms with Crippen molar-refractivity contribution < 1.29 is 22.9 Å². The first kappa shape index (κ1) is 23.3. The van der Waals surface area contributed by atoms with Gasteiger partial charge in [-0.1, -0.05) is 30.3 Å². The number of carbonyl (C=O) groups excluding carboxylic acids is 1. The number of nitro groups is 1. The molecule has 0 saturated heterocycles. The van der Waals surface area contributed by atoms with Crippen molar-refractivity contribution in [1.82, 2.24) is 9.71 Å². The van der Waals surface area contributed by atoms with Crippen LogP contribution in [0.15, 0.2) is 59.6 Å². The van der Waals surface area contributed by atoms with E-state index >= 15 is 0 Å². The van der Waals surface area contributed by atoms with Crippen LogP contribution >= 0.6 is 0 Å². The van der Waals surface area contributed by atoms with Crippen molar-refractivity contribution in [2.75, 3.05) is 0 Å². The van der Waals surface area contributed by atoms with Gasteiger partial charge < -0.3 is 4.74 Å². The molecule has 9 nitrogen and oxygen atoms in total. The number of nitrogens with one attached hydrogen (secondary N) is 1. The van der Waals surface area contributed by atoms with Crippen LogP contribution in [0.25, 0.3) is 10.9 Å². The lowest BCUT2D eigenvalue weighted by molar-refractivity contribution is -0.385. The smallest absolute Gasteiger partial charge is 0.308 e. The van der Waals surface area contributed by atoms with E-state index in [9.17, 15) is 23.3 Å². The van der Waals surface area contributed by atoms with Crippen LogP contribution in [0.3, 0.4) is 0 Å². The van der Waals surface area contributed by atoms with Gasteiger partial charge in [0.15, 0.2) is 0 Å². The lowest BCUT2D eigenvalue weighted by Crippen LogP contribution is -2.31. The second kappa shape index (κ2) is 9.41. The van der Waals surface area contributed by atoms with E-state index in [1.807, 2.05) is 6.92 Å². The Morgan fingerprint density at radius 1 is 1.19 bits per heavy atom. The Bertz CT molecular complexity index is 1270. The summed E-state index contributed by atoms with van der Waals surface area (Å²) in [7, 11) is -4.21. The Balaban J connectivity index is 2.06. The minimum atomic E-state index is -4.21. The summed E-state index contributed by atoms with van der Waals surface area (Å²) >= 11 is 0. The number of pyridine rings is 1. The maximum Gasteiger partial charge on any atom is 0.308 e. The molecule has 1 unspecified atom stereocenters. The van der Waals surface area contributed by atoms with Crippen LogP contribution in [-0.2, 0) is 19.6 Å². The van der Waals surface area contributed by atoms with E-state index in [0.717, 1.165) is 5.56 Å². The number of nitro benzene ring substituents is 1. The maximum absolute atomic E-state index is 13.3. The SMILES string of the molecule is Cc1cnc2c(S(=O)(=O)NC(CC(=O)OC(C)C)c3ccccc3[N+](=O)[O-])cccc2c1. The van der Waals surface area contributed by atoms with Crippen molar-refractivity contribution in [3.8, 4) is 0 Å². The number of aromatic nitrogens is 1. The van der Waals surface area contributed by atoms with Crippen molar-refractivity contribution in [1.29, 1.82) is 0 Å². The number of para-hydroxylation sites is 2. The third-order valence-electron chi connectivity index (χ3n) is 4.64. The summed E-state index contributed by atoms with van der Waals surface area (Å²) in [6.07, 6.45) is 0.719. The topological polar surface area (TPSA) is 128 Å². The first-order valence-electron chi connectivity index (χ1n) is 9.89. The van der Waals surface area contributed by atoms with Crippen molar-refractivity contribution in [2.24, 2.45) is 0 Å². The van der Waals surface area contributed by atoms with Crippen LogP contribution < -0.4 is 4.72 Å². The quantitative estimate of drug-likeness (QED) is 0.309. The Kier molecular flexibility index (Phi) is 6.85. The first-order valence-corrected chi connectivity index (χ1v) is 11.4. The molecule has 0 spiro atoms. The molecule has 1 atom stereocenters. The number of sulfonamides is 1. The minimum absolute atomic E-state index is 0.0609. The van der Waals surface area contributed by atoms with E-state index in [0.29, 0.717) is 5.39 Å². The maximum atomic E-state index is 13.3. The molecule has 0 aliphatic carbocycles. The Hall–Kier alpha value is -3.37. The number of aryl methyl sites for hydroxylation is 1. The molecule has 0 bridgehead atoms. The zero-order chi connectivity index (χ0) is 23.5. The normalized spacial score (nSPS) is 12.6. The number of carbonyl (C=O) groups is 1. The second-order valence-corrected chi connectivity index (χ2v) is 9.26. The van der Waals surface area contributed by atoms with Gasteiger partial charge in [0.1, 0.15) is 4.90 Å². The molecule has 0 fully saturated rings. The van der Waals surface area contributed by atoms with Gasteiger partial charge in [-0.25, -0.2) is 13.1 Å². The van der Waals surface area contributed by atoms with E-state index in [2.05, 4.69) is 9.71 Å². The van der Waals surface area contributed by atoms with Gasteiger partial charge in [0.25, 0.3) is 5.69 Å². The minimum Gasteiger partial charge on any atom is -0.463 e. The number of esters is 1. The molecule has 0 saturated carbocycles. The molecule has 1 aromatic heterocycles. The zero-order valence-electron chi connectivity index (χ0n) is 17.8. The predicted molar refractivity (Wildman–Crippen MR) is 118 cm³/mol. The number of rotatable bonds is 8. The van der Waals surface area contributed by atoms with E-state index in [1.54, 1.807) is 44.3 Å². The van der Waals surface area contributed by atoms with Crippen molar-refractivity contribution in [2.45, 2.75) is 44.2 Å². The number of ether oxygens (including phenoxy) is 1. The molecule has 32 heavy (non-hydrogen) atoms. The third kappa shape index (κ3) is 5.27. The summed E-state index contributed by atoms with van der Waals surface area (Å²) in [6.45, 7) is 5.16. The molecule has 3 aromatic rings.